The Hall–Kier alpha value is -3.54. The van der Waals surface area contributed by atoms with Gasteiger partial charge >= 0.3 is 12.1 Å². The lowest BCUT2D eigenvalue weighted by molar-refractivity contribution is -0.137. The van der Waals surface area contributed by atoms with E-state index in [0.717, 1.165) is 16.7 Å². The Balaban J connectivity index is 1.39. The molecule has 0 radical (unpaired) electrons. The number of ether oxygens (including phenoxy) is 2. The number of nitrogens with one attached hydrogen (secondary N) is 1. The van der Waals surface area contributed by atoms with Crippen molar-refractivity contribution in [1.82, 2.24) is 5.32 Å². The highest BCUT2D eigenvalue weighted by atomic mass is 16.5. The molecule has 32 heavy (non-hydrogen) atoms. The molecule has 6 heteroatoms. The van der Waals surface area contributed by atoms with Gasteiger partial charge in [0.15, 0.2) is 0 Å². The van der Waals surface area contributed by atoms with E-state index in [0.29, 0.717) is 25.9 Å². The molecule has 4 rings (SSSR count). The first-order chi connectivity index (χ1) is 15.6. The number of amides is 1. The van der Waals surface area contributed by atoms with Crippen molar-refractivity contribution < 1.29 is 24.2 Å². The minimum Gasteiger partial charge on any atom is -0.497 e. The number of rotatable bonds is 9. The molecular formula is C26H27NO5. The third-order valence-electron chi connectivity index (χ3n) is 5.91. The Kier molecular flexibility index (Phi) is 6.90. The quantitative estimate of drug-likeness (QED) is 0.581. The van der Waals surface area contributed by atoms with E-state index in [4.69, 9.17) is 14.6 Å². The molecule has 0 bridgehead atoms. The van der Waals surface area contributed by atoms with Gasteiger partial charge in [0.25, 0.3) is 0 Å². The average molecular weight is 434 g/mol. The van der Waals surface area contributed by atoms with E-state index in [1.165, 1.54) is 11.1 Å². The van der Waals surface area contributed by atoms with Gasteiger partial charge in [-0.3, -0.25) is 4.79 Å². The first kappa shape index (κ1) is 21.7. The molecule has 1 amide bonds. The number of aliphatic carboxylic acids is 1. The SMILES string of the molecule is O=C(O)CCC[C@@H](CC1=CCOC=C1)NC(=O)OCC1c2ccccc2-c2ccccc21. The molecule has 6 nitrogen and oxygen atoms in total. The smallest absolute Gasteiger partial charge is 0.407 e. The zero-order valence-corrected chi connectivity index (χ0v) is 17.8. The van der Waals surface area contributed by atoms with E-state index >= 15 is 0 Å². The van der Waals surface area contributed by atoms with Crippen molar-refractivity contribution >= 4 is 12.1 Å². The maximum absolute atomic E-state index is 12.7. The van der Waals surface area contributed by atoms with Crippen LogP contribution in [-0.4, -0.2) is 36.4 Å². The minimum absolute atomic E-state index is 0.000236. The monoisotopic (exact) mass is 433 g/mol. The standard InChI is InChI=1S/C26H27NO5/c28-25(29)11-5-6-19(16-18-12-14-31-15-13-18)27-26(30)32-17-24-22-9-3-1-7-20(22)21-8-2-4-10-23(21)24/h1-4,7-10,12-14,19,24H,5-6,11,15-17H2,(H,27,30)(H,28,29)/t19-/m0/s1. The predicted molar refractivity (Wildman–Crippen MR) is 121 cm³/mol. The Labute approximate surface area is 187 Å². The Morgan fingerprint density at radius 2 is 1.78 bits per heavy atom. The second-order valence-electron chi connectivity index (χ2n) is 8.07. The second-order valence-corrected chi connectivity index (χ2v) is 8.07. The summed E-state index contributed by atoms with van der Waals surface area (Å²) in [4.78, 5) is 23.6. The third-order valence-corrected chi connectivity index (χ3v) is 5.91. The molecule has 0 saturated carbocycles. The summed E-state index contributed by atoms with van der Waals surface area (Å²) < 4.78 is 10.8. The van der Waals surface area contributed by atoms with Crippen LogP contribution >= 0.6 is 0 Å². The Morgan fingerprint density at radius 1 is 1.09 bits per heavy atom. The maximum Gasteiger partial charge on any atom is 0.407 e. The number of carboxylic acids is 1. The van der Waals surface area contributed by atoms with Crippen molar-refractivity contribution in [2.75, 3.05) is 13.2 Å². The molecule has 0 saturated heterocycles. The fourth-order valence-corrected chi connectivity index (χ4v) is 4.38. The van der Waals surface area contributed by atoms with E-state index in [1.807, 2.05) is 36.4 Å². The molecule has 0 fully saturated rings. The van der Waals surface area contributed by atoms with Crippen LogP contribution in [0.5, 0.6) is 0 Å². The van der Waals surface area contributed by atoms with Gasteiger partial charge < -0.3 is 19.9 Å². The van der Waals surface area contributed by atoms with Gasteiger partial charge in [0, 0.05) is 18.4 Å². The summed E-state index contributed by atoms with van der Waals surface area (Å²) in [5.74, 6) is -0.838. The molecule has 2 aromatic carbocycles. The zero-order valence-electron chi connectivity index (χ0n) is 17.8. The second kappa shape index (κ2) is 10.2. The van der Waals surface area contributed by atoms with Crippen molar-refractivity contribution in [1.29, 1.82) is 0 Å². The number of carbonyl (C=O) groups is 2. The molecule has 1 atom stereocenters. The Bertz CT molecular complexity index is 997. The molecule has 166 valence electrons. The summed E-state index contributed by atoms with van der Waals surface area (Å²) in [6, 6.07) is 16.2. The van der Waals surface area contributed by atoms with Crippen molar-refractivity contribution in [2.45, 2.75) is 37.6 Å². The molecule has 2 aromatic rings. The van der Waals surface area contributed by atoms with Crippen LogP contribution in [0.25, 0.3) is 11.1 Å². The summed E-state index contributed by atoms with van der Waals surface area (Å²) in [5, 5.41) is 11.9. The van der Waals surface area contributed by atoms with Gasteiger partial charge in [0.05, 0.1) is 6.26 Å². The van der Waals surface area contributed by atoms with Gasteiger partial charge in [0.2, 0.25) is 0 Å². The van der Waals surface area contributed by atoms with E-state index in [9.17, 15) is 9.59 Å². The number of benzene rings is 2. The highest BCUT2D eigenvalue weighted by Crippen LogP contribution is 2.44. The van der Waals surface area contributed by atoms with Crippen molar-refractivity contribution in [3.63, 3.8) is 0 Å². The van der Waals surface area contributed by atoms with Gasteiger partial charge in [-0.25, -0.2) is 4.79 Å². The molecule has 0 unspecified atom stereocenters. The highest BCUT2D eigenvalue weighted by Gasteiger charge is 2.29. The van der Waals surface area contributed by atoms with Crippen LogP contribution in [0, 0.1) is 0 Å². The molecule has 1 aliphatic carbocycles. The largest absolute Gasteiger partial charge is 0.497 e. The van der Waals surface area contributed by atoms with Crippen LogP contribution in [-0.2, 0) is 14.3 Å². The lowest BCUT2D eigenvalue weighted by Gasteiger charge is -2.21. The van der Waals surface area contributed by atoms with Crippen molar-refractivity contribution in [2.24, 2.45) is 0 Å². The predicted octanol–water partition coefficient (Wildman–Crippen LogP) is 5.01. The number of alkyl carbamates (subject to hydrolysis) is 1. The fraction of sp³-hybridized carbons (Fsp3) is 0.308. The topological polar surface area (TPSA) is 84.9 Å². The van der Waals surface area contributed by atoms with E-state index in [-0.39, 0.29) is 25.0 Å². The molecule has 0 aromatic heterocycles. The van der Waals surface area contributed by atoms with E-state index in [2.05, 4.69) is 29.6 Å². The number of hydrogen-bond donors (Lipinski definition) is 2. The summed E-state index contributed by atoms with van der Waals surface area (Å²) >= 11 is 0. The average Bonchev–Trinajstić information content (AvgIpc) is 3.12. The summed E-state index contributed by atoms with van der Waals surface area (Å²) in [5.41, 5.74) is 5.74. The molecular weight excluding hydrogens is 406 g/mol. The minimum atomic E-state index is -0.838. The van der Waals surface area contributed by atoms with Crippen molar-refractivity contribution in [3.05, 3.63) is 83.6 Å². The van der Waals surface area contributed by atoms with Crippen molar-refractivity contribution in [3.8, 4) is 11.1 Å². The van der Waals surface area contributed by atoms with Gasteiger partial charge in [-0.15, -0.1) is 0 Å². The van der Waals surface area contributed by atoms with Crippen LogP contribution in [0.4, 0.5) is 4.79 Å². The summed E-state index contributed by atoms with van der Waals surface area (Å²) in [7, 11) is 0. The van der Waals surface area contributed by atoms with Gasteiger partial charge in [-0.2, -0.15) is 0 Å². The maximum atomic E-state index is 12.7. The van der Waals surface area contributed by atoms with Crippen LogP contribution in [0.15, 0.2) is 72.5 Å². The van der Waals surface area contributed by atoms with Gasteiger partial charge in [-0.1, -0.05) is 48.5 Å². The van der Waals surface area contributed by atoms with Crippen LogP contribution in [0.1, 0.15) is 42.7 Å². The van der Waals surface area contributed by atoms with E-state index in [1.54, 1.807) is 6.26 Å². The summed E-state index contributed by atoms with van der Waals surface area (Å²) in [6.07, 6.45) is 6.70. The molecule has 1 aliphatic heterocycles. The number of hydrogen-bond acceptors (Lipinski definition) is 4. The van der Waals surface area contributed by atoms with Gasteiger partial charge in [-0.05, 0) is 59.2 Å². The summed E-state index contributed by atoms with van der Waals surface area (Å²) in [6.45, 7) is 0.747. The van der Waals surface area contributed by atoms with Crippen LogP contribution in [0.2, 0.25) is 0 Å². The first-order valence-corrected chi connectivity index (χ1v) is 10.9. The Morgan fingerprint density at radius 3 is 2.41 bits per heavy atom. The highest BCUT2D eigenvalue weighted by molar-refractivity contribution is 5.79. The number of fused-ring (bicyclic) bond motifs is 3. The fourth-order valence-electron chi connectivity index (χ4n) is 4.38. The number of carbonyl (C=O) groups excluding carboxylic acids is 1. The first-order valence-electron chi connectivity index (χ1n) is 10.9. The molecule has 2 aliphatic rings. The van der Waals surface area contributed by atoms with E-state index < -0.39 is 12.1 Å². The number of allylic oxidation sites excluding steroid dienone is 1. The third kappa shape index (κ3) is 5.19. The normalized spacial score (nSPS) is 15.2. The van der Waals surface area contributed by atoms with Crippen LogP contribution in [0.3, 0.4) is 0 Å². The van der Waals surface area contributed by atoms with Gasteiger partial charge in [0.1, 0.15) is 13.2 Å². The lowest BCUT2D eigenvalue weighted by atomic mass is 9.98. The molecule has 0 spiro atoms. The molecule has 2 N–H and O–H groups in total. The van der Waals surface area contributed by atoms with Crippen LogP contribution < -0.4 is 5.32 Å². The zero-order chi connectivity index (χ0) is 22.3. The molecule has 1 heterocycles. The number of carboxylic acid groups (broad SMARTS) is 1. The lowest BCUT2D eigenvalue weighted by Crippen LogP contribution is -2.36.